The fourth-order valence-electron chi connectivity index (χ4n) is 3.39. The van der Waals surface area contributed by atoms with Crippen molar-refractivity contribution >= 4 is 23.5 Å². The second kappa shape index (κ2) is 6.46. The topological polar surface area (TPSA) is 75.7 Å². The lowest BCUT2D eigenvalue weighted by Crippen LogP contribution is -2.43. The molecule has 4 rings (SSSR count). The van der Waals surface area contributed by atoms with Crippen LogP contribution in [-0.4, -0.2) is 28.7 Å². The van der Waals surface area contributed by atoms with Crippen molar-refractivity contribution in [2.24, 2.45) is 0 Å². The quantitative estimate of drug-likeness (QED) is 0.841. The van der Waals surface area contributed by atoms with E-state index in [2.05, 4.69) is 5.32 Å². The van der Waals surface area contributed by atoms with Crippen LogP contribution < -0.4 is 5.32 Å². The minimum atomic E-state index is -1.09. The van der Waals surface area contributed by atoms with Crippen molar-refractivity contribution in [3.05, 3.63) is 65.2 Å². The van der Waals surface area contributed by atoms with Gasteiger partial charge < -0.3 is 10.1 Å². The van der Waals surface area contributed by atoms with Crippen LogP contribution in [0.5, 0.6) is 0 Å². The Kier molecular flexibility index (Phi) is 4.10. The highest BCUT2D eigenvalue weighted by molar-refractivity contribution is 6.00. The summed E-state index contributed by atoms with van der Waals surface area (Å²) in [6.07, 6.45) is -0.638. The zero-order chi connectivity index (χ0) is 19.1. The van der Waals surface area contributed by atoms with E-state index >= 15 is 0 Å². The number of fused-ring (bicyclic) bond motifs is 1. The van der Waals surface area contributed by atoms with E-state index in [-0.39, 0.29) is 24.4 Å². The van der Waals surface area contributed by atoms with Gasteiger partial charge in [0, 0.05) is 23.7 Å². The number of carbonyl (C=O) groups excluding carboxylic acids is 3. The number of cyclic esters (lactones) is 1. The van der Waals surface area contributed by atoms with E-state index < -0.39 is 35.8 Å². The molecule has 2 heterocycles. The molecular weight excluding hydrogens is 358 g/mol. The molecule has 8 heteroatoms. The van der Waals surface area contributed by atoms with Gasteiger partial charge in [-0.25, -0.2) is 13.6 Å². The number of hydrogen-bond donors (Lipinski definition) is 1. The lowest BCUT2D eigenvalue weighted by atomic mass is 10.1. The smallest absolute Gasteiger partial charge is 0.340 e. The number of nitrogens with one attached hydrogen (secondary N) is 1. The van der Waals surface area contributed by atoms with Crippen LogP contribution in [0.3, 0.4) is 0 Å². The van der Waals surface area contributed by atoms with Crippen molar-refractivity contribution in [2.75, 3.05) is 5.32 Å². The summed E-state index contributed by atoms with van der Waals surface area (Å²) >= 11 is 0. The number of esters is 1. The third-order valence-corrected chi connectivity index (χ3v) is 4.66. The molecule has 0 radical (unpaired) electrons. The van der Waals surface area contributed by atoms with Crippen LogP contribution >= 0.6 is 0 Å². The number of halogens is 2. The van der Waals surface area contributed by atoms with Crippen molar-refractivity contribution in [3.8, 4) is 0 Å². The molecule has 0 saturated carbocycles. The number of likely N-dealkylation sites (tertiary alicyclic amines) is 1. The van der Waals surface area contributed by atoms with Crippen molar-refractivity contribution < 1.29 is 27.9 Å². The molecule has 2 amide bonds. The molecule has 1 fully saturated rings. The Morgan fingerprint density at radius 1 is 1.11 bits per heavy atom. The summed E-state index contributed by atoms with van der Waals surface area (Å²) in [5, 5.41) is 2.48. The van der Waals surface area contributed by atoms with E-state index in [4.69, 9.17) is 4.74 Å². The fourth-order valence-corrected chi connectivity index (χ4v) is 3.39. The number of amides is 2. The number of carbonyl (C=O) groups is 3. The standard InChI is InChI=1S/C19H14F2N2O4/c20-13-6-5-10(9-14(13)21)22-17(25)15-7-8-16(24)23(15)18-11-3-1-2-4-12(11)19(26)27-18/h1-6,9,15,18H,7-8H2,(H,22,25)/t15-,18+/m1/s1. The Hall–Kier alpha value is -3.29. The maximum atomic E-state index is 13.4. The highest BCUT2D eigenvalue weighted by Gasteiger charge is 2.46. The first kappa shape index (κ1) is 17.1. The average Bonchev–Trinajstić information content (AvgIpc) is 3.19. The van der Waals surface area contributed by atoms with Crippen LogP contribution in [0.2, 0.25) is 0 Å². The molecule has 1 N–H and O–H groups in total. The number of rotatable bonds is 3. The molecule has 2 aromatic carbocycles. The van der Waals surface area contributed by atoms with Gasteiger partial charge in [0.25, 0.3) is 0 Å². The van der Waals surface area contributed by atoms with Crippen molar-refractivity contribution in [3.63, 3.8) is 0 Å². The number of benzene rings is 2. The van der Waals surface area contributed by atoms with Crippen molar-refractivity contribution in [1.82, 2.24) is 4.90 Å². The van der Waals surface area contributed by atoms with E-state index in [1.807, 2.05) is 0 Å². The fraction of sp³-hybridized carbons (Fsp3) is 0.211. The van der Waals surface area contributed by atoms with Crippen LogP contribution in [0.15, 0.2) is 42.5 Å². The molecule has 6 nitrogen and oxygen atoms in total. The van der Waals surface area contributed by atoms with Gasteiger partial charge in [-0.2, -0.15) is 0 Å². The molecular formula is C19H14F2N2O4. The van der Waals surface area contributed by atoms with Crippen LogP contribution in [-0.2, 0) is 14.3 Å². The molecule has 0 unspecified atom stereocenters. The molecule has 138 valence electrons. The molecule has 1 saturated heterocycles. The van der Waals surface area contributed by atoms with Gasteiger partial charge in [0.1, 0.15) is 6.04 Å². The largest absolute Gasteiger partial charge is 0.433 e. The Bertz CT molecular complexity index is 962. The summed E-state index contributed by atoms with van der Waals surface area (Å²) in [5.74, 6) is -3.57. The van der Waals surface area contributed by atoms with Gasteiger partial charge in [-0.1, -0.05) is 18.2 Å². The molecule has 0 spiro atoms. The van der Waals surface area contributed by atoms with Gasteiger partial charge >= 0.3 is 5.97 Å². The van der Waals surface area contributed by atoms with E-state index in [0.717, 1.165) is 12.1 Å². The van der Waals surface area contributed by atoms with Gasteiger partial charge in [0.05, 0.1) is 5.56 Å². The van der Waals surface area contributed by atoms with Crippen LogP contribution in [0.25, 0.3) is 0 Å². The molecule has 2 atom stereocenters. The molecule has 2 aromatic rings. The molecule has 0 bridgehead atoms. The minimum Gasteiger partial charge on any atom is -0.433 e. The lowest BCUT2D eigenvalue weighted by Gasteiger charge is -2.29. The molecule has 27 heavy (non-hydrogen) atoms. The Morgan fingerprint density at radius 3 is 2.67 bits per heavy atom. The SMILES string of the molecule is O=C1O[C@H](N2C(=O)CC[C@@H]2C(=O)Nc2ccc(F)c(F)c2)c2ccccc21. The van der Waals surface area contributed by atoms with Gasteiger partial charge in [-0.05, 0) is 24.6 Å². The van der Waals surface area contributed by atoms with E-state index in [0.29, 0.717) is 11.1 Å². The van der Waals surface area contributed by atoms with E-state index in [1.165, 1.54) is 11.0 Å². The zero-order valence-corrected chi connectivity index (χ0v) is 13.9. The summed E-state index contributed by atoms with van der Waals surface area (Å²) in [6.45, 7) is 0. The number of nitrogens with zero attached hydrogens (tertiary/aromatic N) is 1. The highest BCUT2D eigenvalue weighted by Crippen LogP contribution is 2.38. The number of ether oxygens (including phenoxy) is 1. The second-order valence-electron chi connectivity index (χ2n) is 6.32. The maximum absolute atomic E-state index is 13.4. The lowest BCUT2D eigenvalue weighted by molar-refractivity contribution is -0.144. The predicted octanol–water partition coefficient (Wildman–Crippen LogP) is 2.76. The normalized spacial score (nSPS) is 21.2. The molecule has 0 aliphatic carbocycles. The van der Waals surface area contributed by atoms with Crippen molar-refractivity contribution in [1.29, 1.82) is 0 Å². The third kappa shape index (κ3) is 2.92. The van der Waals surface area contributed by atoms with Gasteiger partial charge in [0.15, 0.2) is 11.6 Å². The van der Waals surface area contributed by atoms with Gasteiger partial charge in [-0.15, -0.1) is 0 Å². The highest BCUT2D eigenvalue weighted by atomic mass is 19.2. The van der Waals surface area contributed by atoms with Crippen LogP contribution in [0, 0.1) is 11.6 Å². The van der Waals surface area contributed by atoms with E-state index in [9.17, 15) is 23.2 Å². The number of hydrogen-bond acceptors (Lipinski definition) is 4. The van der Waals surface area contributed by atoms with Crippen molar-refractivity contribution in [2.45, 2.75) is 25.1 Å². The first-order valence-electron chi connectivity index (χ1n) is 8.32. The summed E-state index contributed by atoms with van der Waals surface area (Å²) in [4.78, 5) is 38.3. The van der Waals surface area contributed by atoms with Crippen LogP contribution in [0.4, 0.5) is 14.5 Å². The summed E-state index contributed by atoms with van der Waals surface area (Å²) in [7, 11) is 0. The Morgan fingerprint density at radius 2 is 1.89 bits per heavy atom. The van der Waals surface area contributed by atoms with E-state index in [1.54, 1.807) is 24.3 Å². The monoisotopic (exact) mass is 372 g/mol. The minimum absolute atomic E-state index is 0.0713. The van der Waals surface area contributed by atoms with Gasteiger partial charge in [-0.3, -0.25) is 14.5 Å². The molecule has 2 aliphatic rings. The number of anilines is 1. The first-order valence-corrected chi connectivity index (χ1v) is 8.32. The zero-order valence-electron chi connectivity index (χ0n) is 13.9. The summed E-state index contributed by atoms with van der Waals surface area (Å²) in [6, 6.07) is 8.75. The Balaban J connectivity index is 1.59. The Labute approximate surface area is 152 Å². The van der Waals surface area contributed by atoms with Gasteiger partial charge in [0.2, 0.25) is 18.0 Å². The second-order valence-corrected chi connectivity index (χ2v) is 6.32. The first-order chi connectivity index (χ1) is 13.0. The summed E-state index contributed by atoms with van der Waals surface area (Å²) in [5.41, 5.74) is 0.937. The third-order valence-electron chi connectivity index (χ3n) is 4.66. The predicted molar refractivity (Wildman–Crippen MR) is 89.5 cm³/mol. The maximum Gasteiger partial charge on any atom is 0.340 e. The van der Waals surface area contributed by atoms with Crippen LogP contribution in [0.1, 0.15) is 35.0 Å². The molecule has 2 aliphatic heterocycles. The average molecular weight is 372 g/mol. The summed E-state index contributed by atoms with van der Waals surface area (Å²) < 4.78 is 31.7. The molecule has 0 aromatic heterocycles.